The molecule has 0 radical (unpaired) electrons. The van der Waals surface area contributed by atoms with Gasteiger partial charge in [-0.3, -0.25) is 4.79 Å². The molecule has 1 atom stereocenters. The molecule has 0 saturated carbocycles. The summed E-state index contributed by atoms with van der Waals surface area (Å²) in [6, 6.07) is 14.9. The van der Waals surface area contributed by atoms with E-state index in [2.05, 4.69) is 10.2 Å². The van der Waals surface area contributed by atoms with Gasteiger partial charge >= 0.3 is 5.97 Å². The van der Waals surface area contributed by atoms with Crippen LogP contribution in [0.5, 0.6) is 5.75 Å². The molecule has 0 bridgehead atoms. The number of anilines is 1. The Morgan fingerprint density at radius 3 is 2.60 bits per heavy atom. The van der Waals surface area contributed by atoms with Gasteiger partial charge < -0.3 is 19.7 Å². The molecule has 1 aliphatic rings. The highest BCUT2D eigenvalue weighted by Crippen LogP contribution is 2.34. The topological polar surface area (TPSA) is 67.9 Å². The molecule has 3 rings (SSSR count). The number of hydrogen-bond donors (Lipinski definition) is 1. The Balaban J connectivity index is 1.83. The predicted octanol–water partition coefficient (Wildman–Crippen LogP) is 1.99. The van der Waals surface area contributed by atoms with Crippen molar-refractivity contribution in [2.24, 2.45) is 0 Å². The fourth-order valence-corrected chi connectivity index (χ4v) is 2.84. The summed E-state index contributed by atoms with van der Waals surface area (Å²) in [5.41, 5.74) is 2.48. The van der Waals surface area contributed by atoms with Crippen LogP contribution in [0.4, 0.5) is 5.69 Å². The fraction of sp³-hybridized carbons (Fsp3) is 0.263. The third-order valence-corrected chi connectivity index (χ3v) is 4.15. The summed E-state index contributed by atoms with van der Waals surface area (Å²) in [4.78, 5) is 25.7. The summed E-state index contributed by atoms with van der Waals surface area (Å²) in [6.07, 6.45) is -0.561. The van der Waals surface area contributed by atoms with Crippen LogP contribution in [0.1, 0.15) is 15.9 Å². The Labute approximate surface area is 146 Å². The van der Waals surface area contributed by atoms with Gasteiger partial charge in [-0.05, 0) is 29.8 Å². The lowest BCUT2D eigenvalue weighted by atomic mass is 10.1. The second-order valence-electron chi connectivity index (χ2n) is 5.76. The minimum absolute atomic E-state index is 0.152. The zero-order valence-corrected chi connectivity index (χ0v) is 14.2. The van der Waals surface area contributed by atoms with Gasteiger partial charge in [0.25, 0.3) is 5.91 Å². The van der Waals surface area contributed by atoms with Gasteiger partial charge in [-0.25, -0.2) is 4.79 Å². The average molecular weight is 340 g/mol. The van der Waals surface area contributed by atoms with E-state index < -0.39 is 6.10 Å². The second kappa shape index (κ2) is 7.25. The maximum Gasteiger partial charge on any atom is 0.337 e. The maximum atomic E-state index is 12.0. The third-order valence-electron chi connectivity index (χ3n) is 4.15. The number of esters is 1. The van der Waals surface area contributed by atoms with E-state index in [0.29, 0.717) is 24.4 Å². The predicted molar refractivity (Wildman–Crippen MR) is 93.8 cm³/mol. The van der Waals surface area contributed by atoms with Gasteiger partial charge in [0.1, 0.15) is 5.75 Å². The van der Waals surface area contributed by atoms with Crippen LogP contribution in [0.15, 0.2) is 48.5 Å². The summed E-state index contributed by atoms with van der Waals surface area (Å²) in [5, 5.41) is 2.63. The van der Waals surface area contributed by atoms with Crippen LogP contribution in [-0.4, -0.2) is 38.7 Å². The minimum atomic E-state index is -0.561. The van der Waals surface area contributed by atoms with E-state index in [1.54, 1.807) is 19.2 Å². The van der Waals surface area contributed by atoms with Crippen molar-refractivity contribution in [2.75, 3.05) is 25.6 Å². The molecule has 6 nitrogen and oxygen atoms in total. The summed E-state index contributed by atoms with van der Waals surface area (Å²) < 4.78 is 10.5. The smallest absolute Gasteiger partial charge is 0.337 e. The van der Waals surface area contributed by atoms with Gasteiger partial charge in [0.2, 0.25) is 0 Å². The quantitative estimate of drug-likeness (QED) is 0.862. The molecule has 0 aromatic heterocycles. The number of ether oxygens (including phenoxy) is 2. The highest BCUT2D eigenvalue weighted by molar-refractivity contribution is 5.89. The minimum Gasteiger partial charge on any atom is -0.477 e. The number of carbonyl (C=O) groups excluding carboxylic acids is 2. The number of nitrogens with zero attached hydrogens (tertiary/aromatic N) is 1. The van der Waals surface area contributed by atoms with Gasteiger partial charge in [-0.2, -0.15) is 0 Å². The van der Waals surface area contributed by atoms with Crippen LogP contribution >= 0.6 is 0 Å². The number of methoxy groups -OCH3 is 1. The number of amides is 1. The number of nitrogens with one attached hydrogen (secondary N) is 1. The number of benzene rings is 2. The molecule has 2 aromatic rings. The molecule has 1 heterocycles. The van der Waals surface area contributed by atoms with Gasteiger partial charge in [0.15, 0.2) is 6.10 Å². The Kier molecular flexibility index (Phi) is 4.88. The highest BCUT2D eigenvalue weighted by Gasteiger charge is 2.30. The summed E-state index contributed by atoms with van der Waals surface area (Å²) in [6.45, 7) is 1.06. The molecule has 0 fully saturated rings. The van der Waals surface area contributed by atoms with Crippen LogP contribution in [0.25, 0.3) is 0 Å². The molecule has 0 spiro atoms. The zero-order valence-electron chi connectivity index (χ0n) is 14.2. The van der Waals surface area contributed by atoms with Crippen LogP contribution in [0.3, 0.4) is 0 Å². The van der Waals surface area contributed by atoms with E-state index in [9.17, 15) is 9.59 Å². The average Bonchev–Trinajstić information content (AvgIpc) is 2.67. The van der Waals surface area contributed by atoms with E-state index >= 15 is 0 Å². The molecule has 6 heteroatoms. The van der Waals surface area contributed by atoms with E-state index in [4.69, 9.17) is 9.47 Å². The number of para-hydroxylation sites is 2. The molecule has 0 saturated heterocycles. The van der Waals surface area contributed by atoms with Crippen molar-refractivity contribution in [3.8, 4) is 5.75 Å². The molecule has 0 unspecified atom stereocenters. The third kappa shape index (κ3) is 3.57. The van der Waals surface area contributed by atoms with E-state index in [1.807, 2.05) is 36.4 Å². The Morgan fingerprint density at radius 1 is 1.20 bits per heavy atom. The highest BCUT2D eigenvalue weighted by atomic mass is 16.5. The van der Waals surface area contributed by atoms with E-state index in [0.717, 1.165) is 11.3 Å². The van der Waals surface area contributed by atoms with Gasteiger partial charge in [0, 0.05) is 13.6 Å². The van der Waals surface area contributed by atoms with Gasteiger partial charge in [0.05, 0.1) is 24.9 Å². The first-order chi connectivity index (χ1) is 12.1. The number of fused-ring (bicyclic) bond motifs is 1. The van der Waals surface area contributed by atoms with Crippen molar-refractivity contribution < 1.29 is 19.1 Å². The molecule has 1 amide bonds. The van der Waals surface area contributed by atoms with Crippen molar-refractivity contribution in [2.45, 2.75) is 12.6 Å². The lowest BCUT2D eigenvalue weighted by molar-refractivity contribution is -0.127. The molecular formula is C19H20N2O4. The number of carbonyl (C=O) groups is 2. The van der Waals surface area contributed by atoms with Gasteiger partial charge in [-0.15, -0.1) is 0 Å². The Bertz CT molecular complexity index is 773. The first-order valence-corrected chi connectivity index (χ1v) is 8.02. The van der Waals surface area contributed by atoms with Crippen LogP contribution in [0.2, 0.25) is 0 Å². The summed E-state index contributed by atoms with van der Waals surface area (Å²) in [7, 11) is 2.96. The first-order valence-electron chi connectivity index (χ1n) is 8.02. The normalized spacial score (nSPS) is 15.8. The van der Waals surface area contributed by atoms with Crippen LogP contribution < -0.4 is 15.0 Å². The van der Waals surface area contributed by atoms with E-state index in [-0.39, 0.29) is 11.9 Å². The zero-order chi connectivity index (χ0) is 17.8. The van der Waals surface area contributed by atoms with Crippen LogP contribution in [0, 0.1) is 0 Å². The van der Waals surface area contributed by atoms with Crippen molar-refractivity contribution in [1.82, 2.24) is 5.32 Å². The second-order valence-corrected chi connectivity index (χ2v) is 5.76. The Hall–Kier alpha value is -3.02. The lowest BCUT2D eigenvalue weighted by Crippen LogP contribution is -2.47. The molecule has 130 valence electrons. The molecule has 1 N–H and O–H groups in total. The van der Waals surface area contributed by atoms with Crippen LogP contribution in [-0.2, 0) is 16.1 Å². The fourth-order valence-electron chi connectivity index (χ4n) is 2.84. The Morgan fingerprint density at radius 2 is 1.92 bits per heavy atom. The largest absolute Gasteiger partial charge is 0.477 e. The monoisotopic (exact) mass is 340 g/mol. The molecule has 2 aromatic carbocycles. The number of likely N-dealkylation sites (N-methyl/N-ethyl adjacent to an activating group) is 1. The van der Waals surface area contributed by atoms with Crippen molar-refractivity contribution in [1.29, 1.82) is 0 Å². The molecular weight excluding hydrogens is 320 g/mol. The number of hydrogen-bond acceptors (Lipinski definition) is 5. The number of rotatable bonds is 4. The van der Waals surface area contributed by atoms with Crippen molar-refractivity contribution >= 4 is 17.6 Å². The molecule has 1 aliphatic heterocycles. The van der Waals surface area contributed by atoms with Gasteiger partial charge in [-0.1, -0.05) is 24.3 Å². The lowest BCUT2D eigenvalue weighted by Gasteiger charge is -2.35. The molecule has 25 heavy (non-hydrogen) atoms. The SMILES string of the molecule is CNC(=O)[C@H]1CN(Cc2ccc(C(=O)OC)cc2)c2ccccc2O1. The van der Waals surface area contributed by atoms with Crippen molar-refractivity contribution in [3.05, 3.63) is 59.7 Å². The van der Waals surface area contributed by atoms with Crippen molar-refractivity contribution in [3.63, 3.8) is 0 Å². The standard InChI is InChI=1S/C19H20N2O4/c1-20-18(22)17-12-21(15-5-3-4-6-16(15)25-17)11-13-7-9-14(10-8-13)19(23)24-2/h3-10,17H,11-12H2,1-2H3,(H,20,22)/t17-/m1/s1. The van der Waals surface area contributed by atoms with E-state index in [1.165, 1.54) is 7.11 Å². The first kappa shape index (κ1) is 16.8. The maximum absolute atomic E-state index is 12.0. The molecule has 0 aliphatic carbocycles. The summed E-state index contributed by atoms with van der Waals surface area (Å²) >= 11 is 0. The summed E-state index contributed by atoms with van der Waals surface area (Å²) in [5.74, 6) is 0.178.